The number of para-hydroxylation sites is 1. The normalized spacial score (nSPS) is 27.0. The summed E-state index contributed by atoms with van der Waals surface area (Å²) < 4.78 is 5.73. The summed E-state index contributed by atoms with van der Waals surface area (Å²) in [7, 11) is 2.24. The molecule has 3 nitrogen and oxygen atoms in total. The summed E-state index contributed by atoms with van der Waals surface area (Å²) in [5, 5.41) is 3.58. The van der Waals surface area contributed by atoms with E-state index in [-0.39, 0.29) is 0 Å². The quantitative estimate of drug-likeness (QED) is 0.885. The number of rotatable bonds is 3. The molecule has 0 bridgehead atoms. The molecule has 1 saturated heterocycles. The van der Waals surface area contributed by atoms with E-state index in [0.29, 0.717) is 12.1 Å². The molecule has 1 aromatic rings. The summed E-state index contributed by atoms with van der Waals surface area (Å²) in [4.78, 5) is 2.49. The van der Waals surface area contributed by atoms with Crippen LogP contribution >= 0.6 is 0 Å². The topological polar surface area (TPSA) is 24.5 Å². The number of nitrogens with one attached hydrogen (secondary N) is 1. The van der Waals surface area contributed by atoms with Crippen LogP contribution < -0.4 is 10.1 Å². The minimum Gasteiger partial charge on any atom is -0.493 e. The smallest absolute Gasteiger partial charge is 0.124 e. The molecule has 3 heteroatoms. The highest BCUT2D eigenvalue weighted by Gasteiger charge is 2.26. The van der Waals surface area contributed by atoms with Crippen LogP contribution in [0.15, 0.2) is 24.3 Å². The Hall–Kier alpha value is -1.06. The monoisotopic (exact) mass is 246 g/mol. The van der Waals surface area contributed by atoms with E-state index in [2.05, 4.69) is 41.5 Å². The number of hydrogen-bond acceptors (Lipinski definition) is 3. The number of ether oxygens (including phenoxy) is 1. The van der Waals surface area contributed by atoms with Gasteiger partial charge in [0.15, 0.2) is 0 Å². The molecule has 0 saturated carbocycles. The average Bonchev–Trinajstić information content (AvgIpc) is 2.91. The molecule has 2 heterocycles. The van der Waals surface area contributed by atoms with Gasteiger partial charge in [0.25, 0.3) is 0 Å². The van der Waals surface area contributed by atoms with Crippen LogP contribution in [0.2, 0.25) is 0 Å². The predicted molar refractivity (Wildman–Crippen MR) is 72.9 cm³/mol. The van der Waals surface area contributed by atoms with Gasteiger partial charge in [-0.1, -0.05) is 18.2 Å². The fourth-order valence-corrected chi connectivity index (χ4v) is 3.17. The van der Waals surface area contributed by atoms with E-state index in [4.69, 9.17) is 4.74 Å². The van der Waals surface area contributed by atoms with Gasteiger partial charge in [-0.2, -0.15) is 0 Å². The Kier molecular flexibility index (Phi) is 3.52. The molecule has 98 valence electrons. The SMILES string of the molecule is CN(CC1CCCN1)C1CCOc2ccccc21. The average molecular weight is 246 g/mol. The van der Waals surface area contributed by atoms with Gasteiger partial charge in [0.1, 0.15) is 5.75 Å². The van der Waals surface area contributed by atoms with E-state index in [1.54, 1.807) is 0 Å². The lowest BCUT2D eigenvalue weighted by atomic mass is 9.99. The number of benzene rings is 1. The fraction of sp³-hybridized carbons (Fsp3) is 0.600. The minimum atomic E-state index is 0.511. The molecule has 0 radical (unpaired) electrons. The molecule has 0 amide bonds. The first kappa shape index (κ1) is 12.0. The van der Waals surface area contributed by atoms with Crippen LogP contribution in [0, 0.1) is 0 Å². The van der Waals surface area contributed by atoms with Crippen molar-refractivity contribution in [2.75, 3.05) is 26.7 Å². The molecule has 1 fully saturated rings. The van der Waals surface area contributed by atoms with E-state index in [0.717, 1.165) is 25.3 Å². The standard InChI is InChI=1S/C15H22N2O/c1-17(11-12-5-4-9-16-12)14-8-10-18-15-7-3-2-6-13(14)15/h2-3,6-7,12,14,16H,4-5,8-11H2,1H3. The molecule has 3 rings (SSSR count). The third kappa shape index (κ3) is 2.38. The Morgan fingerprint density at radius 2 is 2.22 bits per heavy atom. The van der Waals surface area contributed by atoms with Crippen LogP contribution in [0.25, 0.3) is 0 Å². The summed E-state index contributed by atoms with van der Waals surface area (Å²) >= 11 is 0. The molecule has 2 unspecified atom stereocenters. The highest BCUT2D eigenvalue weighted by molar-refractivity contribution is 5.37. The van der Waals surface area contributed by atoms with E-state index < -0.39 is 0 Å². The zero-order valence-corrected chi connectivity index (χ0v) is 11.1. The van der Waals surface area contributed by atoms with Gasteiger partial charge in [-0.15, -0.1) is 0 Å². The Morgan fingerprint density at radius 1 is 1.33 bits per heavy atom. The maximum Gasteiger partial charge on any atom is 0.124 e. The molecular formula is C15H22N2O. The molecular weight excluding hydrogens is 224 g/mol. The summed E-state index contributed by atoms with van der Waals surface area (Å²) in [6.45, 7) is 3.16. The van der Waals surface area contributed by atoms with E-state index >= 15 is 0 Å². The Labute approximate surface area is 109 Å². The van der Waals surface area contributed by atoms with Crippen molar-refractivity contribution in [3.8, 4) is 5.75 Å². The van der Waals surface area contributed by atoms with Crippen LogP contribution in [0.5, 0.6) is 5.75 Å². The van der Waals surface area contributed by atoms with Gasteiger partial charge >= 0.3 is 0 Å². The highest BCUT2D eigenvalue weighted by atomic mass is 16.5. The molecule has 1 N–H and O–H groups in total. The first-order chi connectivity index (χ1) is 8.84. The highest BCUT2D eigenvalue weighted by Crippen LogP contribution is 2.35. The van der Waals surface area contributed by atoms with Crippen LogP contribution in [0.3, 0.4) is 0 Å². The number of nitrogens with zero attached hydrogens (tertiary/aromatic N) is 1. The first-order valence-corrected chi connectivity index (χ1v) is 7.00. The van der Waals surface area contributed by atoms with Gasteiger partial charge in [-0.05, 0) is 32.5 Å². The molecule has 2 aliphatic heterocycles. The lowest BCUT2D eigenvalue weighted by Crippen LogP contribution is -2.38. The Bertz CT molecular complexity index is 401. The largest absolute Gasteiger partial charge is 0.493 e. The van der Waals surface area contributed by atoms with Crippen LogP contribution in [-0.4, -0.2) is 37.7 Å². The van der Waals surface area contributed by atoms with Crippen LogP contribution in [0.1, 0.15) is 30.9 Å². The maximum absolute atomic E-state index is 5.73. The molecule has 0 spiro atoms. The Morgan fingerprint density at radius 3 is 3.06 bits per heavy atom. The zero-order valence-electron chi connectivity index (χ0n) is 11.1. The van der Waals surface area contributed by atoms with Crippen molar-refractivity contribution in [3.05, 3.63) is 29.8 Å². The third-order valence-electron chi connectivity index (χ3n) is 4.13. The number of hydrogen-bond donors (Lipinski definition) is 1. The summed E-state index contributed by atoms with van der Waals surface area (Å²) in [6.07, 6.45) is 3.73. The third-order valence-corrected chi connectivity index (χ3v) is 4.13. The summed E-state index contributed by atoms with van der Waals surface area (Å²) in [5.74, 6) is 1.07. The lowest BCUT2D eigenvalue weighted by molar-refractivity contribution is 0.157. The van der Waals surface area contributed by atoms with E-state index in [9.17, 15) is 0 Å². The zero-order chi connectivity index (χ0) is 12.4. The Balaban J connectivity index is 1.72. The molecule has 0 aliphatic carbocycles. The second-order valence-corrected chi connectivity index (χ2v) is 5.42. The van der Waals surface area contributed by atoms with Crippen molar-refractivity contribution in [3.63, 3.8) is 0 Å². The van der Waals surface area contributed by atoms with E-state index in [1.807, 2.05) is 0 Å². The molecule has 2 aliphatic rings. The van der Waals surface area contributed by atoms with Crippen LogP contribution in [0.4, 0.5) is 0 Å². The minimum absolute atomic E-state index is 0.511. The van der Waals surface area contributed by atoms with Crippen molar-refractivity contribution in [1.82, 2.24) is 10.2 Å². The van der Waals surface area contributed by atoms with E-state index in [1.165, 1.54) is 24.9 Å². The van der Waals surface area contributed by atoms with Crippen molar-refractivity contribution < 1.29 is 4.74 Å². The lowest BCUT2D eigenvalue weighted by Gasteiger charge is -2.34. The van der Waals surface area contributed by atoms with Crippen LogP contribution in [-0.2, 0) is 0 Å². The second kappa shape index (κ2) is 5.29. The van der Waals surface area contributed by atoms with Crippen molar-refractivity contribution in [2.45, 2.75) is 31.3 Å². The van der Waals surface area contributed by atoms with Gasteiger partial charge in [-0.3, -0.25) is 4.90 Å². The summed E-state index contributed by atoms with van der Waals surface area (Å²) in [5.41, 5.74) is 1.35. The molecule has 1 aromatic carbocycles. The van der Waals surface area contributed by atoms with Gasteiger partial charge in [0.2, 0.25) is 0 Å². The second-order valence-electron chi connectivity index (χ2n) is 5.42. The van der Waals surface area contributed by atoms with Crippen molar-refractivity contribution in [1.29, 1.82) is 0 Å². The van der Waals surface area contributed by atoms with Gasteiger partial charge < -0.3 is 10.1 Å². The first-order valence-electron chi connectivity index (χ1n) is 7.00. The number of fused-ring (bicyclic) bond motifs is 1. The van der Waals surface area contributed by atoms with Gasteiger partial charge in [-0.25, -0.2) is 0 Å². The van der Waals surface area contributed by atoms with Gasteiger partial charge in [0, 0.05) is 30.6 Å². The predicted octanol–water partition coefficient (Wildman–Crippen LogP) is 2.19. The maximum atomic E-state index is 5.73. The molecule has 0 aromatic heterocycles. The van der Waals surface area contributed by atoms with Gasteiger partial charge in [0.05, 0.1) is 6.61 Å². The molecule has 2 atom stereocenters. The van der Waals surface area contributed by atoms with Crippen molar-refractivity contribution >= 4 is 0 Å². The fourth-order valence-electron chi connectivity index (χ4n) is 3.17. The van der Waals surface area contributed by atoms with Crippen molar-refractivity contribution in [2.24, 2.45) is 0 Å². The number of likely N-dealkylation sites (N-methyl/N-ethyl adjacent to an activating group) is 1. The summed E-state index contributed by atoms with van der Waals surface area (Å²) in [6, 6.07) is 9.64. The molecule has 18 heavy (non-hydrogen) atoms.